The van der Waals surface area contributed by atoms with Gasteiger partial charge in [0.2, 0.25) is 10.0 Å². The number of sulfonamides is 1. The monoisotopic (exact) mass is 350 g/mol. The van der Waals surface area contributed by atoms with Gasteiger partial charge < -0.3 is 9.42 Å². The molecule has 1 fully saturated rings. The second-order valence-corrected chi connectivity index (χ2v) is 7.84. The molecule has 1 saturated heterocycles. The summed E-state index contributed by atoms with van der Waals surface area (Å²) in [4.78, 5) is 6.50. The second-order valence-electron chi connectivity index (χ2n) is 6.14. The van der Waals surface area contributed by atoms with Crippen LogP contribution in [0.5, 0.6) is 0 Å². The summed E-state index contributed by atoms with van der Waals surface area (Å²) < 4.78 is 32.5. The van der Waals surface area contributed by atoms with Crippen molar-refractivity contribution in [3.8, 4) is 0 Å². The van der Waals surface area contributed by atoms with Crippen LogP contribution < -0.4 is 9.62 Å². The van der Waals surface area contributed by atoms with Crippen molar-refractivity contribution in [1.82, 2.24) is 14.9 Å². The first-order chi connectivity index (χ1) is 11.5. The number of nitrogens with zero attached hydrogens (tertiary/aromatic N) is 3. The third-order valence-corrected chi connectivity index (χ3v) is 6.11. The minimum Gasteiger partial charge on any atom is -0.371 e. The molecule has 0 atom stereocenters. The molecule has 0 aliphatic carbocycles. The lowest BCUT2D eigenvalue weighted by Gasteiger charge is -2.33. The Morgan fingerprint density at radius 3 is 2.50 bits per heavy atom. The molecule has 0 saturated carbocycles. The van der Waals surface area contributed by atoms with Gasteiger partial charge in [0.1, 0.15) is 10.6 Å². The molecule has 3 heterocycles. The number of nitrogens with one attached hydrogen (secondary N) is 1. The summed E-state index contributed by atoms with van der Waals surface area (Å²) in [5.41, 5.74) is 1.56. The van der Waals surface area contributed by atoms with E-state index in [1.165, 1.54) is 5.69 Å². The lowest BCUT2D eigenvalue weighted by molar-refractivity contribution is 0.390. The molecular formula is C16H22N4O3S. The molecule has 0 unspecified atom stereocenters. The van der Waals surface area contributed by atoms with Gasteiger partial charge in [-0.2, -0.15) is 0 Å². The highest BCUT2D eigenvalue weighted by atomic mass is 32.2. The van der Waals surface area contributed by atoms with Gasteiger partial charge in [-0.05, 0) is 44.7 Å². The molecule has 1 N–H and O–H groups in total. The maximum absolute atomic E-state index is 12.4. The third-order valence-electron chi connectivity index (χ3n) is 4.44. The molecule has 1 aliphatic heterocycles. The van der Waals surface area contributed by atoms with Crippen LogP contribution in [0.3, 0.4) is 0 Å². The van der Waals surface area contributed by atoms with Crippen molar-refractivity contribution < 1.29 is 12.9 Å². The molecule has 0 spiro atoms. The molecule has 24 heavy (non-hydrogen) atoms. The van der Waals surface area contributed by atoms with E-state index < -0.39 is 10.0 Å². The third kappa shape index (κ3) is 3.59. The van der Waals surface area contributed by atoms with Crippen molar-refractivity contribution in [2.24, 2.45) is 5.92 Å². The highest BCUT2D eigenvalue weighted by Gasteiger charge is 2.26. The SMILES string of the molecule is Cc1noc(C)c1S(=O)(=O)NCC1CCN(c2ccncc2)CC1. The fourth-order valence-electron chi connectivity index (χ4n) is 3.11. The molecule has 1 aliphatic rings. The molecule has 8 heteroatoms. The van der Waals surface area contributed by atoms with E-state index in [1.54, 1.807) is 26.2 Å². The van der Waals surface area contributed by atoms with Gasteiger partial charge in [-0.15, -0.1) is 0 Å². The first kappa shape index (κ1) is 16.9. The van der Waals surface area contributed by atoms with Gasteiger partial charge in [0.15, 0.2) is 5.76 Å². The van der Waals surface area contributed by atoms with Crippen molar-refractivity contribution in [2.75, 3.05) is 24.5 Å². The van der Waals surface area contributed by atoms with Crippen LogP contribution in [0.2, 0.25) is 0 Å². The minimum absolute atomic E-state index is 0.164. The lowest BCUT2D eigenvalue weighted by atomic mass is 9.97. The van der Waals surface area contributed by atoms with E-state index in [0.717, 1.165) is 25.9 Å². The van der Waals surface area contributed by atoms with Crippen molar-refractivity contribution >= 4 is 15.7 Å². The first-order valence-corrected chi connectivity index (χ1v) is 9.53. The Balaban J connectivity index is 1.55. The number of aryl methyl sites for hydroxylation is 2. The van der Waals surface area contributed by atoms with Gasteiger partial charge >= 0.3 is 0 Å². The molecule has 0 radical (unpaired) electrons. The predicted octanol–water partition coefficient (Wildman–Crippen LogP) is 1.88. The van der Waals surface area contributed by atoms with Gasteiger partial charge in [0.25, 0.3) is 0 Å². The van der Waals surface area contributed by atoms with Gasteiger partial charge in [-0.25, -0.2) is 13.1 Å². The molecule has 7 nitrogen and oxygen atoms in total. The number of hydrogen-bond acceptors (Lipinski definition) is 6. The zero-order valence-corrected chi connectivity index (χ0v) is 14.7. The van der Waals surface area contributed by atoms with Crippen LogP contribution in [0.25, 0.3) is 0 Å². The van der Waals surface area contributed by atoms with Gasteiger partial charge in [-0.1, -0.05) is 5.16 Å². The summed E-state index contributed by atoms with van der Waals surface area (Å²) in [5.74, 6) is 0.658. The largest absolute Gasteiger partial charge is 0.371 e. The molecule has 2 aromatic rings. The van der Waals surface area contributed by atoms with Crippen molar-refractivity contribution in [2.45, 2.75) is 31.6 Å². The van der Waals surface area contributed by atoms with Crippen molar-refractivity contribution in [3.63, 3.8) is 0 Å². The second kappa shape index (κ2) is 6.90. The standard InChI is InChI=1S/C16H22N4O3S/c1-12-16(13(2)23-19-12)24(21,22)18-11-14-5-9-20(10-6-14)15-3-7-17-8-4-15/h3-4,7-8,14,18H,5-6,9-11H2,1-2H3. The topological polar surface area (TPSA) is 88.3 Å². The van der Waals surface area contributed by atoms with E-state index in [0.29, 0.717) is 23.9 Å². The van der Waals surface area contributed by atoms with Crippen LogP contribution in [-0.2, 0) is 10.0 Å². The fourth-order valence-corrected chi connectivity index (χ4v) is 4.55. The highest BCUT2D eigenvalue weighted by molar-refractivity contribution is 7.89. The Morgan fingerprint density at radius 2 is 1.92 bits per heavy atom. The Hall–Kier alpha value is -1.93. The number of anilines is 1. The van der Waals surface area contributed by atoms with Crippen LogP contribution in [0, 0.1) is 19.8 Å². The van der Waals surface area contributed by atoms with Crippen molar-refractivity contribution in [3.05, 3.63) is 36.0 Å². The zero-order chi connectivity index (χ0) is 17.2. The molecule has 0 bridgehead atoms. The number of aromatic nitrogens is 2. The van der Waals surface area contributed by atoms with E-state index >= 15 is 0 Å². The summed E-state index contributed by atoms with van der Waals surface area (Å²) >= 11 is 0. The fraction of sp³-hybridized carbons (Fsp3) is 0.500. The zero-order valence-electron chi connectivity index (χ0n) is 13.9. The Morgan fingerprint density at radius 1 is 1.25 bits per heavy atom. The van der Waals surface area contributed by atoms with Gasteiger partial charge in [0, 0.05) is 37.7 Å². The summed E-state index contributed by atoms with van der Waals surface area (Å²) in [6.07, 6.45) is 5.48. The van der Waals surface area contributed by atoms with Crippen molar-refractivity contribution in [1.29, 1.82) is 0 Å². The van der Waals surface area contributed by atoms with Crippen LogP contribution in [-0.4, -0.2) is 38.2 Å². The Bertz CT molecular complexity index is 761. The normalized spacial score (nSPS) is 16.5. The van der Waals surface area contributed by atoms with E-state index in [2.05, 4.69) is 19.8 Å². The molecule has 2 aromatic heterocycles. The smallest absolute Gasteiger partial charge is 0.245 e. The molecule has 0 amide bonds. The summed E-state index contributed by atoms with van der Waals surface area (Å²) in [6, 6.07) is 4.00. The number of piperidine rings is 1. The van der Waals surface area contributed by atoms with E-state index in [9.17, 15) is 8.42 Å². The average Bonchev–Trinajstić information content (AvgIpc) is 2.94. The Labute approximate surface area is 142 Å². The van der Waals surface area contributed by atoms with Crippen LogP contribution in [0.1, 0.15) is 24.3 Å². The minimum atomic E-state index is -3.57. The number of hydrogen-bond donors (Lipinski definition) is 1. The highest BCUT2D eigenvalue weighted by Crippen LogP contribution is 2.23. The Kier molecular flexibility index (Phi) is 4.86. The van der Waals surface area contributed by atoms with E-state index in [1.807, 2.05) is 12.1 Å². The molecular weight excluding hydrogens is 328 g/mol. The number of rotatable bonds is 5. The molecule has 130 valence electrons. The van der Waals surface area contributed by atoms with E-state index in [-0.39, 0.29) is 4.90 Å². The van der Waals surface area contributed by atoms with Crippen LogP contribution in [0.4, 0.5) is 5.69 Å². The molecule has 3 rings (SSSR count). The number of pyridine rings is 1. The summed E-state index contributed by atoms with van der Waals surface area (Å²) in [5, 5.41) is 3.71. The maximum Gasteiger partial charge on any atom is 0.245 e. The summed E-state index contributed by atoms with van der Waals surface area (Å²) in [7, 11) is -3.57. The van der Waals surface area contributed by atoms with Crippen LogP contribution >= 0.6 is 0 Å². The quantitative estimate of drug-likeness (QED) is 0.886. The maximum atomic E-state index is 12.4. The predicted molar refractivity (Wildman–Crippen MR) is 90.3 cm³/mol. The van der Waals surface area contributed by atoms with Gasteiger partial charge in [0.05, 0.1) is 0 Å². The average molecular weight is 350 g/mol. The lowest BCUT2D eigenvalue weighted by Crippen LogP contribution is -2.38. The first-order valence-electron chi connectivity index (χ1n) is 8.05. The van der Waals surface area contributed by atoms with Gasteiger partial charge in [-0.3, -0.25) is 4.98 Å². The summed E-state index contributed by atoms with van der Waals surface area (Å²) in [6.45, 7) is 5.53. The van der Waals surface area contributed by atoms with Crippen LogP contribution in [0.15, 0.2) is 33.9 Å². The molecule has 0 aromatic carbocycles. The van der Waals surface area contributed by atoms with E-state index in [4.69, 9.17) is 4.52 Å².